The predicted molar refractivity (Wildman–Crippen MR) is 84.9 cm³/mol. The quantitative estimate of drug-likeness (QED) is 0.800. The van der Waals surface area contributed by atoms with Gasteiger partial charge in [0.05, 0.1) is 17.3 Å². The molecule has 0 bridgehead atoms. The van der Waals surface area contributed by atoms with Gasteiger partial charge in [0, 0.05) is 7.11 Å². The van der Waals surface area contributed by atoms with Crippen molar-refractivity contribution in [3.63, 3.8) is 0 Å². The van der Waals surface area contributed by atoms with E-state index >= 15 is 0 Å². The zero-order valence-electron chi connectivity index (χ0n) is 13.7. The lowest BCUT2D eigenvalue weighted by atomic mass is 9.74. The van der Waals surface area contributed by atoms with Crippen molar-refractivity contribution in [2.24, 2.45) is 0 Å². The largest absolute Gasteiger partial charge is 0.494 e. The van der Waals surface area contributed by atoms with Crippen molar-refractivity contribution in [1.82, 2.24) is 0 Å². The molecular weight excluding hydrogens is 263 g/mol. The van der Waals surface area contributed by atoms with Crippen molar-refractivity contribution in [3.05, 3.63) is 29.8 Å². The Morgan fingerprint density at radius 1 is 1.00 bits per heavy atom. The van der Waals surface area contributed by atoms with Gasteiger partial charge in [-0.2, -0.15) is 0 Å². The first-order valence-electron chi connectivity index (χ1n) is 7.81. The molecule has 0 spiro atoms. The molecule has 4 heteroatoms. The minimum Gasteiger partial charge on any atom is -0.399 e. The Morgan fingerprint density at radius 2 is 1.52 bits per heavy atom. The lowest BCUT2D eigenvalue weighted by Gasteiger charge is -2.34. The summed E-state index contributed by atoms with van der Waals surface area (Å²) in [5, 5.41) is 0. The number of methoxy groups -OCH3 is 1. The first kappa shape index (κ1) is 15.1. The second-order valence-electron chi connectivity index (χ2n) is 7.28. The highest BCUT2D eigenvalue weighted by atomic mass is 16.7. The van der Waals surface area contributed by atoms with Gasteiger partial charge in [-0.15, -0.1) is 0 Å². The lowest BCUT2D eigenvalue weighted by molar-refractivity contribution is 0.00578. The molecule has 0 aromatic heterocycles. The first-order chi connectivity index (χ1) is 9.82. The van der Waals surface area contributed by atoms with E-state index in [1.165, 1.54) is 5.56 Å². The lowest BCUT2D eigenvalue weighted by Crippen LogP contribution is -2.41. The summed E-state index contributed by atoms with van der Waals surface area (Å²) in [5.41, 5.74) is 1.93. The Hall–Kier alpha value is -0.835. The van der Waals surface area contributed by atoms with Crippen molar-refractivity contribution in [2.75, 3.05) is 7.11 Å². The molecule has 3 rings (SSSR count). The molecular formula is C17H25BO3. The van der Waals surface area contributed by atoms with Crippen molar-refractivity contribution < 1.29 is 14.0 Å². The molecule has 0 amide bonds. The molecule has 1 aliphatic carbocycles. The fourth-order valence-electron chi connectivity index (χ4n) is 2.93. The molecule has 21 heavy (non-hydrogen) atoms. The Kier molecular flexibility index (Phi) is 3.67. The fraction of sp³-hybridized carbons (Fsp3) is 0.647. The molecule has 2 aliphatic rings. The summed E-state index contributed by atoms with van der Waals surface area (Å²) in [6.07, 6.45) is 2.70. The maximum atomic E-state index is 6.08. The Labute approximate surface area is 128 Å². The van der Waals surface area contributed by atoms with Crippen LogP contribution in [0.25, 0.3) is 0 Å². The number of rotatable bonds is 3. The smallest absolute Gasteiger partial charge is 0.399 e. The van der Waals surface area contributed by atoms with Crippen LogP contribution in [0.5, 0.6) is 0 Å². The first-order valence-corrected chi connectivity index (χ1v) is 7.81. The third-order valence-corrected chi connectivity index (χ3v) is 5.36. The second-order valence-corrected chi connectivity index (χ2v) is 7.28. The van der Waals surface area contributed by atoms with Gasteiger partial charge in [-0.25, -0.2) is 0 Å². The monoisotopic (exact) mass is 288 g/mol. The molecule has 1 aromatic carbocycles. The summed E-state index contributed by atoms with van der Waals surface area (Å²) in [6.45, 7) is 8.34. The van der Waals surface area contributed by atoms with Crippen LogP contribution < -0.4 is 5.46 Å². The van der Waals surface area contributed by atoms with Gasteiger partial charge in [-0.05, 0) is 57.5 Å². The van der Waals surface area contributed by atoms with Gasteiger partial charge in [0.25, 0.3) is 0 Å². The predicted octanol–water partition coefficient (Wildman–Crippen LogP) is 2.88. The van der Waals surface area contributed by atoms with Crippen LogP contribution in [0.4, 0.5) is 0 Å². The average molecular weight is 288 g/mol. The van der Waals surface area contributed by atoms with Crippen molar-refractivity contribution in [3.8, 4) is 0 Å². The van der Waals surface area contributed by atoms with Gasteiger partial charge < -0.3 is 14.0 Å². The highest BCUT2D eigenvalue weighted by molar-refractivity contribution is 6.62. The standard InChI is InChI=1S/C17H25BO3/c1-16(2)17(3,4)21-18(20-16)14-8-6-12(7-9-14)13-10-15(11-13)19-5/h6-9,13,15H,10-11H2,1-5H3. The van der Waals surface area contributed by atoms with E-state index in [9.17, 15) is 0 Å². The highest BCUT2D eigenvalue weighted by Crippen LogP contribution is 2.39. The molecule has 1 saturated heterocycles. The van der Waals surface area contributed by atoms with E-state index in [1.807, 2.05) is 0 Å². The van der Waals surface area contributed by atoms with Gasteiger partial charge in [-0.1, -0.05) is 24.3 Å². The summed E-state index contributed by atoms with van der Waals surface area (Å²) < 4.78 is 17.5. The summed E-state index contributed by atoms with van der Waals surface area (Å²) in [5.74, 6) is 0.641. The molecule has 0 unspecified atom stereocenters. The summed E-state index contributed by atoms with van der Waals surface area (Å²) in [4.78, 5) is 0. The van der Waals surface area contributed by atoms with Crippen LogP contribution in [0.1, 0.15) is 52.0 Å². The second kappa shape index (κ2) is 5.11. The van der Waals surface area contributed by atoms with Gasteiger partial charge in [-0.3, -0.25) is 0 Å². The molecule has 0 radical (unpaired) electrons. The van der Waals surface area contributed by atoms with E-state index in [1.54, 1.807) is 7.11 Å². The van der Waals surface area contributed by atoms with Gasteiger partial charge in [0.1, 0.15) is 0 Å². The molecule has 1 heterocycles. The van der Waals surface area contributed by atoms with Crippen LogP contribution in [-0.4, -0.2) is 31.5 Å². The van der Waals surface area contributed by atoms with E-state index in [0.717, 1.165) is 18.3 Å². The summed E-state index contributed by atoms with van der Waals surface area (Å²) in [7, 11) is 1.53. The molecule has 0 atom stereocenters. The summed E-state index contributed by atoms with van der Waals surface area (Å²) >= 11 is 0. The van der Waals surface area contributed by atoms with Crippen LogP contribution in [0, 0.1) is 0 Å². The maximum Gasteiger partial charge on any atom is 0.494 e. The van der Waals surface area contributed by atoms with Crippen molar-refractivity contribution in [2.45, 2.75) is 63.8 Å². The molecule has 1 aromatic rings. The van der Waals surface area contributed by atoms with Gasteiger partial charge in [0.15, 0.2) is 0 Å². The van der Waals surface area contributed by atoms with Crippen molar-refractivity contribution in [1.29, 1.82) is 0 Å². The van der Waals surface area contributed by atoms with Crippen LogP contribution in [0.15, 0.2) is 24.3 Å². The van der Waals surface area contributed by atoms with E-state index < -0.39 is 0 Å². The van der Waals surface area contributed by atoms with Crippen LogP contribution in [-0.2, 0) is 14.0 Å². The van der Waals surface area contributed by atoms with Crippen LogP contribution >= 0.6 is 0 Å². The highest BCUT2D eigenvalue weighted by Gasteiger charge is 2.51. The van der Waals surface area contributed by atoms with Crippen LogP contribution in [0.2, 0.25) is 0 Å². The molecule has 3 nitrogen and oxygen atoms in total. The molecule has 2 fully saturated rings. The number of hydrogen-bond acceptors (Lipinski definition) is 3. The van der Waals surface area contributed by atoms with E-state index in [-0.39, 0.29) is 18.3 Å². The zero-order valence-corrected chi connectivity index (χ0v) is 13.7. The van der Waals surface area contributed by atoms with Gasteiger partial charge >= 0.3 is 7.12 Å². The Bertz CT molecular complexity index is 487. The average Bonchev–Trinajstić information content (AvgIpc) is 2.58. The van der Waals surface area contributed by atoms with Crippen LogP contribution in [0.3, 0.4) is 0 Å². The Morgan fingerprint density at radius 3 is 2.00 bits per heavy atom. The minimum atomic E-state index is -0.282. The third kappa shape index (κ3) is 2.65. The Balaban J connectivity index is 1.68. The zero-order chi connectivity index (χ0) is 15.3. The van der Waals surface area contributed by atoms with E-state index in [2.05, 4.69) is 52.0 Å². The fourth-order valence-corrected chi connectivity index (χ4v) is 2.93. The van der Waals surface area contributed by atoms with E-state index in [0.29, 0.717) is 12.0 Å². The molecule has 1 aliphatic heterocycles. The summed E-state index contributed by atoms with van der Waals surface area (Å²) in [6, 6.07) is 8.68. The SMILES string of the molecule is COC1CC(c2ccc(B3OC(C)(C)C(C)(C)O3)cc2)C1. The molecule has 1 saturated carbocycles. The van der Waals surface area contributed by atoms with E-state index in [4.69, 9.17) is 14.0 Å². The number of hydrogen-bond donors (Lipinski definition) is 0. The minimum absolute atomic E-state index is 0.267. The normalized spacial score (nSPS) is 30.2. The van der Waals surface area contributed by atoms with Gasteiger partial charge in [0.2, 0.25) is 0 Å². The number of ether oxygens (including phenoxy) is 1. The number of benzene rings is 1. The maximum absolute atomic E-state index is 6.08. The third-order valence-electron chi connectivity index (χ3n) is 5.36. The van der Waals surface area contributed by atoms with Crippen molar-refractivity contribution >= 4 is 12.6 Å². The molecule has 0 N–H and O–H groups in total. The topological polar surface area (TPSA) is 27.7 Å². The molecule has 114 valence electrons.